The van der Waals surface area contributed by atoms with Crippen molar-refractivity contribution in [2.75, 3.05) is 6.54 Å². The standard InChI is InChI=1S/C18H17NO2S/c1-13-5-2-3-6-15(13)18(20)19-11-16(14-8-10-22-12-14)17-7-4-9-21-17/h2-10,12,16H,11H2,1H3,(H,19,20). The molecule has 1 N–H and O–H groups in total. The molecule has 0 spiro atoms. The van der Waals surface area contributed by atoms with E-state index in [1.54, 1.807) is 17.6 Å². The highest BCUT2D eigenvalue weighted by molar-refractivity contribution is 7.08. The molecule has 3 rings (SSSR count). The number of carbonyl (C=O) groups is 1. The van der Waals surface area contributed by atoms with Crippen molar-refractivity contribution in [1.29, 1.82) is 0 Å². The predicted molar refractivity (Wildman–Crippen MR) is 88.4 cm³/mol. The lowest BCUT2D eigenvalue weighted by Crippen LogP contribution is -2.29. The first-order valence-corrected chi connectivity index (χ1v) is 8.09. The highest BCUT2D eigenvalue weighted by Crippen LogP contribution is 2.26. The van der Waals surface area contributed by atoms with Crippen molar-refractivity contribution < 1.29 is 9.21 Å². The Morgan fingerprint density at radius 2 is 2.09 bits per heavy atom. The van der Waals surface area contributed by atoms with Crippen LogP contribution in [0.25, 0.3) is 0 Å². The van der Waals surface area contributed by atoms with Crippen LogP contribution in [-0.2, 0) is 0 Å². The first kappa shape index (κ1) is 14.6. The Kier molecular flexibility index (Phi) is 4.39. The Morgan fingerprint density at radius 3 is 2.77 bits per heavy atom. The molecule has 2 aromatic heterocycles. The van der Waals surface area contributed by atoms with E-state index in [1.165, 1.54) is 0 Å². The van der Waals surface area contributed by atoms with Crippen LogP contribution in [0.4, 0.5) is 0 Å². The van der Waals surface area contributed by atoms with Crippen LogP contribution in [0.2, 0.25) is 0 Å². The van der Waals surface area contributed by atoms with Crippen molar-refractivity contribution in [3.8, 4) is 0 Å². The van der Waals surface area contributed by atoms with Gasteiger partial charge in [0.1, 0.15) is 5.76 Å². The molecule has 112 valence electrons. The molecule has 22 heavy (non-hydrogen) atoms. The molecule has 0 bridgehead atoms. The molecule has 0 fully saturated rings. The van der Waals surface area contributed by atoms with Crippen LogP contribution in [-0.4, -0.2) is 12.5 Å². The second-order valence-corrected chi connectivity index (χ2v) is 5.93. The zero-order valence-electron chi connectivity index (χ0n) is 12.3. The third-order valence-electron chi connectivity index (χ3n) is 3.69. The van der Waals surface area contributed by atoms with Gasteiger partial charge in [-0.15, -0.1) is 0 Å². The van der Waals surface area contributed by atoms with Crippen molar-refractivity contribution >= 4 is 17.2 Å². The molecule has 2 heterocycles. The van der Waals surface area contributed by atoms with E-state index in [-0.39, 0.29) is 11.8 Å². The maximum Gasteiger partial charge on any atom is 0.251 e. The van der Waals surface area contributed by atoms with Crippen molar-refractivity contribution in [2.24, 2.45) is 0 Å². The smallest absolute Gasteiger partial charge is 0.251 e. The van der Waals surface area contributed by atoms with Gasteiger partial charge in [0.2, 0.25) is 0 Å². The van der Waals surface area contributed by atoms with Crippen molar-refractivity contribution in [2.45, 2.75) is 12.8 Å². The van der Waals surface area contributed by atoms with Gasteiger partial charge in [0, 0.05) is 12.1 Å². The van der Waals surface area contributed by atoms with Gasteiger partial charge in [-0.05, 0) is 53.1 Å². The van der Waals surface area contributed by atoms with Gasteiger partial charge in [-0.3, -0.25) is 4.79 Å². The van der Waals surface area contributed by atoms with Crippen LogP contribution >= 0.6 is 11.3 Å². The minimum atomic E-state index is -0.0510. The van der Waals surface area contributed by atoms with E-state index in [4.69, 9.17) is 4.42 Å². The first-order valence-electron chi connectivity index (χ1n) is 7.15. The van der Waals surface area contributed by atoms with Crippen LogP contribution in [0.5, 0.6) is 0 Å². The summed E-state index contributed by atoms with van der Waals surface area (Å²) >= 11 is 1.64. The Hall–Kier alpha value is -2.33. The van der Waals surface area contributed by atoms with E-state index in [9.17, 15) is 4.79 Å². The van der Waals surface area contributed by atoms with Gasteiger partial charge in [0.25, 0.3) is 5.91 Å². The third kappa shape index (κ3) is 3.12. The van der Waals surface area contributed by atoms with E-state index in [0.29, 0.717) is 12.1 Å². The lowest BCUT2D eigenvalue weighted by molar-refractivity contribution is 0.0951. The fourth-order valence-electron chi connectivity index (χ4n) is 2.46. The molecule has 3 aromatic rings. The zero-order valence-corrected chi connectivity index (χ0v) is 13.1. The molecule has 0 saturated heterocycles. The molecule has 4 heteroatoms. The minimum absolute atomic E-state index is 0.0363. The second kappa shape index (κ2) is 6.62. The average molecular weight is 311 g/mol. The maximum atomic E-state index is 12.4. The lowest BCUT2D eigenvalue weighted by Gasteiger charge is -2.15. The largest absolute Gasteiger partial charge is 0.469 e. The SMILES string of the molecule is Cc1ccccc1C(=O)NCC(c1ccsc1)c1ccco1. The molecule has 3 nitrogen and oxygen atoms in total. The maximum absolute atomic E-state index is 12.4. The number of furan rings is 1. The van der Waals surface area contributed by atoms with Gasteiger partial charge in [-0.1, -0.05) is 18.2 Å². The Labute approximate surface area is 133 Å². The van der Waals surface area contributed by atoms with Crippen LogP contribution < -0.4 is 5.32 Å². The Balaban J connectivity index is 1.75. The highest BCUT2D eigenvalue weighted by Gasteiger charge is 2.19. The van der Waals surface area contributed by atoms with E-state index in [1.807, 2.05) is 48.7 Å². The van der Waals surface area contributed by atoms with Crippen molar-refractivity contribution in [3.63, 3.8) is 0 Å². The summed E-state index contributed by atoms with van der Waals surface area (Å²) in [7, 11) is 0. The molecule has 0 aliphatic carbocycles. The van der Waals surface area contributed by atoms with Gasteiger partial charge in [0.15, 0.2) is 0 Å². The Morgan fingerprint density at radius 1 is 1.23 bits per heavy atom. The van der Waals surface area contributed by atoms with Gasteiger partial charge in [0.05, 0.1) is 12.2 Å². The number of hydrogen-bond donors (Lipinski definition) is 1. The molecular formula is C18H17NO2S. The van der Waals surface area contributed by atoms with Crippen LogP contribution in [0.1, 0.15) is 33.2 Å². The van der Waals surface area contributed by atoms with Gasteiger partial charge in [-0.2, -0.15) is 11.3 Å². The summed E-state index contributed by atoms with van der Waals surface area (Å²) < 4.78 is 5.53. The molecular weight excluding hydrogens is 294 g/mol. The van der Waals surface area contributed by atoms with E-state index >= 15 is 0 Å². The molecule has 1 amide bonds. The molecule has 0 aliphatic heterocycles. The van der Waals surface area contributed by atoms with Gasteiger partial charge < -0.3 is 9.73 Å². The molecule has 1 aromatic carbocycles. The summed E-state index contributed by atoms with van der Waals surface area (Å²) in [6.45, 7) is 2.45. The minimum Gasteiger partial charge on any atom is -0.469 e. The molecule has 1 unspecified atom stereocenters. The van der Waals surface area contributed by atoms with Crippen LogP contribution in [0.3, 0.4) is 0 Å². The summed E-state index contributed by atoms with van der Waals surface area (Å²) in [6.07, 6.45) is 1.66. The van der Waals surface area contributed by atoms with Gasteiger partial charge in [-0.25, -0.2) is 0 Å². The van der Waals surface area contributed by atoms with E-state index < -0.39 is 0 Å². The quantitative estimate of drug-likeness (QED) is 0.767. The number of aryl methyl sites for hydroxylation is 1. The highest BCUT2D eigenvalue weighted by atomic mass is 32.1. The van der Waals surface area contributed by atoms with Crippen molar-refractivity contribution in [3.05, 3.63) is 81.9 Å². The Bertz CT molecular complexity index is 698. The molecule has 0 radical (unpaired) electrons. The number of nitrogens with one attached hydrogen (secondary N) is 1. The summed E-state index contributed by atoms with van der Waals surface area (Å²) in [6, 6.07) is 13.5. The molecule has 0 aliphatic rings. The number of carbonyl (C=O) groups excluding carboxylic acids is 1. The van der Waals surface area contributed by atoms with E-state index in [2.05, 4.69) is 16.8 Å². The summed E-state index contributed by atoms with van der Waals surface area (Å²) in [4.78, 5) is 12.4. The lowest BCUT2D eigenvalue weighted by atomic mass is 9.99. The second-order valence-electron chi connectivity index (χ2n) is 5.15. The number of amides is 1. The van der Waals surface area contributed by atoms with E-state index in [0.717, 1.165) is 16.9 Å². The van der Waals surface area contributed by atoms with Crippen LogP contribution in [0.15, 0.2) is 63.9 Å². The number of hydrogen-bond acceptors (Lipinski definition) is 3. The zero-order chi connectivity index (χ0) is 15.4. The van der Waals surface area contributed by atoms with Gasteiger partial charge >= 0.3 is 0 Å². The van der Waals surface area contributed by atoms with Crippen molar-refractivity contribution in [1.82, 2.24) is 5.32 Å². The molecule has 0 saturated carbocycles. The predicted octanol–water partition coefficient (Wildman–Crippen LogP) is 4.21. The topological polar surface area (TPSA) is 42.2 Å². The first-order chi connectivity index (χ1) is 10.8. The monoisotopic (exact) mass is 311 g/mol. The number of benzene rings is 1. The van der Waals surface area contributed by atoms with Crippen LogP contribution in [0, 0.1) is 6.92 Å². The summed E-state index contributed by atoms with van der Waals surface area (Å²) in [5.74, 6) is 0.850. The fraction of sp³-hybridized carbons (Fsp3) is 0.167. The third-order valence-corrected chi connectivity index (χ3v) is 4.39. The molecule has 1 atom stereocenters. The number of rotatable bonds is 5. The summed E-state index contributed by atoms with van der Waals surface area (Å²) in [5, 5.41) is 7.15. The number of thiophene rings is 1. The normalized spacial score (nSPS) is 12.0. The fourth-order valence-corrected chi connectivity index (χ4v) is 3.18. The average Bonchev–Trinajstić information content (AvgIpc) is 3.21. The summed E-state index contributed by atoms with van der Waals surface area (Å²) in [5.41, 5.74) is 2.85.